The van der Waals surface area contributed by atoms with E-state index in [9.17, 15) is 4.79 Å². The predicted molar refractivity (Wildman–Crippen MR) is 96.2 cm³/mol. The van der Waals surface area contributed by atoms with E-state index < -0.39 is 4.75 Å². The molecule has 0 aliphatic heterocycles. The van der Waals surface area contributed by atoms with E-state index in [0.717, 1.165) is 33.3 Å². The Hall–Kier alpha value is -2.26. The fourth-order valence-corrected chi connectivity index (χ4v) is 3.62. The van der Waals surface area contributed by atoms with Gasteiger partial charge in [-0.2, -0.15) is 0 Å². The largest absolute Gasteiger partial charge is 0.497 e. The molecule has 0 aliphatic carbocycles. The third kappa shape index (κ3) is 3.25. The first-order valence-electron chi connectivity index (χ1n) is 7.43. The second kappa shape index (κ2) is 6.47. The monoisotopic (exact) mass is 322 g/mol. The highest BCUT2D eigenvalue weighted by molar-refractivity contribution is 8.00. The average molecular weight is 322 g/mol. The number of hydrogen-bond donors (Lipinski definition) is 0. The molecule has 0 aromatic heterocycles. The van der Waals surface area contributed by atoms with Crippen LogP contribution in [0.5, 0.6) is 5.75 Å². The molecule has 0 bridgehead atoms. The average Bonchev–Trinajstić information content (AvgIpc) is 2.61. The highest BCUT2D eigenvalue weighted by Crippen LogP contribution is 2.40. The molecule has 2 nitrogen and oxygen atoms in total. The van der Waals surface area contributed by atoms with Crippen LogP contribution in [0.3, 0.4) is 0 Å². The summed E-state index contributed by atoms with van der Waals surface area (Å²) in [7, 11) is 1.66. The van der Waals surface area contributed by atoms with Crippen molar-refractivity contribution in [3.8, 4) is 5.75 Å². The summed E-state index contributed by atoms with van der Waals surface area (Å²) in [5, 5.41) is 2.20. The van der Waals surface area contributed by atoms with Crippen molar-refractivity contribution >= 4 is 28.8 Å². The summed E-state index contributed by atoms with van der Waals surface area (Å²) in [6, 6.07) is 22.1. The molecule has 0 amide bonds. The van der Waals surface area contributed by atoms with Gasteiger partial charge in [0, 0.05) is 4.90 Å². The smallest absolute Gasteiger partial charge is 0.140 e. The molecule has 1 unspecified atom stereocenters. The van der Waals surface area contributed by atoms with Crippen LogP contribution < -0.4 is 4.74 Å². The SMILES string of the molecule is COc1ccc2cc(C(C)(C=O)Sc3ccccc3)ccc2c1. The number of rotatable bonds is 5. The van der Waals surface area contributed by atoms with Gasteiger partial charge in [0.05, 0.1) is 11.9 Å². The maximum Gasteiger partial charge on any atom is 0.140 e. The van der Waals surface area contributed by atoms with Gasteiger partial charge in [0.25, 0.3) is 0 Å². The van der Waals surface area contributed by atoms with Crippen molar-refractivity contribution in [2.24, 2.45) is 0 Å². The predicted octanol–water partition coefficient (Wildman–Crippen LogP) is 5.05. The maximum atomic E-state index is 11.8. The lowest BCUT2D eigenvalue weighted by Crippen LogP contribution is -2.18. The first kappa shape index (κ1) is 15.6. The Bertz CT molecular complexity index is 829. The van der Waals surface area contributed by atoms with Gasteiger partial charge in [-0.1, -0.05) is 36.4 Å². The summed E-state index contributed by atoms with van der Waals surface area (Å²) < 4.78 is 4.64. The Kier molecular flexibility index (Phi) is 4.39. The second-order valence-corrected chi connectivity index (χ2v) is 7.09. The van der Waals surface area contributed by atoms with Crippen LogP contribution in [0.15, 0.2) is 71.6 Å². The van der Waals surface area contributed by atoms with E-state index in [2.05, 4.69) is 6.07 Å². The standard InChI is InChI=1S/C20H18O2S/c1-20(14-21,23-19-6-4-3-5-7-19)17-10-8-16-13-18(22-2)11-9-15(16)12-17/h3-14H,1-2H3. The molecule has 0 saturated heterocycles. The molecule has 116 valence electrons. The van der Waals surface area contributed by atoms with Crippen LogP contribution in [0.4, 0.5) is 0 Å². The molecule has 0 spiro atoms. The zero-order valence-corrected chi connectivity index (χ0v) is 14.0. The molecular weight excluding hydrogens is 304 g/mol. The Morgan fingerprint density at radius 3 is 2.35 bits per heavy atom. The molecule has 3 heteroatoms. The van der Waals surface area contributed by atoms with Gasteiger partial charge < -0.3 is 9.53 Å². The molecule has 23 heavy (non-hydrogen) atoms. The van der Waals surface area contributed by atoms with Crippen LogP contribution in [0.1, 0.15) is 12.5 Å². The minimum atomic E-state index is -0.616. The number of benzene rings is 3. The van der Waals surface area contributed by atoms with Crippen LogP contribution >= 0.6 is 11.8 Å². The van der Waals surface area contributed by atoms with Gasteiger partial charge >= 0.3 is 0 Å². The number of carbonyl (C=O) groups is 1. The number of fused-ring (bicyclic) bond motifs is 1. The van der Waals surface area contributed by atoms with Crippen LogP contribution in [0.2, 0.25) is 0 Å². The fourth-order valence-electron chi connectivity index (χ4n) is 2.54. The molecule has 3 rings (SSSR count). The summed E-state index contributed by atoms with van der Waals surface area (Å²) in [5.74, 6) is 0.835. The van der Waals surface area contributed by atoms with E-state index in [1.54, 1.807) is 18.9 Å². The lowest BCUT2D eigenvalue weighted by molar-refractivity contribution is -0.109. The number of ether oxygens (including phenoxy) is 1. The van der Waals surface area contributed by atoms with Crippen LogP contribution in [-0.4, -0.2) is 13.4 Å². The van der Waals surface area contributed by atoms with Crippen LogP contribution in [0, 0.1) is 0 Å². The van der Waals surface area contributed by atoms with Crippen molar-refractivity contribution in [3.05, 3.63) is 72.3 Å². The Balaban J connectivity index is 2.00. The zero-order chi connectivity index (χ0) is 16.3. The number of hydrogen-bond acceptors (Lipinski definition) is 3. The van der Waals surface area contributed by atoms with Gasteiger partial charge in [-0.3, -0.25) is 0 Å². The third-order valence-electron chi connectivity index (χ3n) is 3.92. The quantitative estimate of drug-likeness (QED) is 0.485. The lowest BCUT2D eigenvalue weighted by Gasteiger charge is -2.23. The highest BCUT2D eigenvalue weighted by Gasteiger charge is 2.27. The van der Waals surface area contributed by atoms with E-state index in [-0.39, 0.29) is 0 Å². The van der Waals surface area contributed by atoms with Gasteiger partial charge in [0.2, 0.25) is 0 Å². The molecule has 0 aliphatic rings. The maximum absolute atomic E-state index is 11.8. The van der Waals surface area contributed by atoms with E-state index in [0.29, 0.717) is 0 Å². The second-order valence-electron chi connectivity index (χ2n) is 5.57. The summed E-state index contributed by atoms with van der Waals surface area (Å²) in [5.41, 5.74) is 0.999. The van der Waals surface area contributed by atoms with Crippen molar-refractivity contribution in [1.82, 2.24) is 0 Å². The van der Waals surface area contributed by atoms with Gasteiger partial charge in [-0.05, 0) is 53.6 Å². The highest BCUT2D eigenvalue weighted by atomic mass is 32.2. The van der Waals surface area contributed by atoms with Crippen molar-refractivity contribution in [2.75, 3.05) is 7.11 Å². The summed E-state index contributed by atoms with van der Waals surface area (Å²) in [4.78, 5) is 12.9. The molecule has 0 saturated carbocycles. The van der Waals surface area contributed by atoms with Crippen molar-refractivity contribution in [1.29, 1.82) is 0 Å². The van der Waals surface area contributed by atoms with Gasteiger partial charge in [-0.15, -0.1) is 11.8 Å². The molecule has 0 N–H and O–H groups in total. The normalized spacial score (nSPS) is 13.5. The van der Waals surface area contributed by atoms with Crippen molar-refractivity contribution in [2.45, 2.75) is 16.6 Å². The topological polar surface area (TPSA) is 26.3 Å². The Morgan fingerprint density at radius 1 is 0.957 bits per heavy atom. The molecule has 3 aromatic rings. The number of thioether (sulfide) groups is 1. The van der Waals surface area contributed by atoms with Crippen molar-refractivity contribution < 1.29 is 9.53 Å². The van der Waals surface area contributed by atoms with Crippen LogP contribution in [-0.2, 0) is 9.54 Å². The van der Waals surface area contributed by atoms with E-state index in [1.165, 1.54) is 0 Å². The Morgan fingerprint density at radius 2 is 1.65 bits per heavy atom. The molecule has 0 heterocycles. The van der Waals surface area contributed by atoms with E-state index in [4.69, 9.17) is 4.74 Å². The summed E-state index contributed by atoms with van der Waals surface area (Å²) in [6.07, 6.45) is 1.02. The first-order valence-corrected chi connectivity index (χ1v) is 8.25. The molecule has 1 atom stereocenters. The first-order chi connectivity index (χ1) is 11.1. The number of aldehydes is 1. The Labute approximate surface area is 140 Å². The minimum Gasteiger partial charge on any atom is -0.497 e. The van der Waals surface area contributed by atoms with E-state index >= 15 is 0 Å². The number of methoxy groups -OCH3 is 1. The molecule has 0 radical (unpaired) electrons. The zero-order valence-electron chi connectivity index (χ0n) is 13.2. The summed E-state index contributed by atoms with van der Waals surface area (Å²) in [6.45, 7) is 1.96. The van der Waals surface area contributed by atoms with Crippen LogP contribution in [0.25, 0.3) is 10.8 Å². The van der Waals surface area contributed by atoms with Gasteiger partial charge in [0.1, 0.15) is 12.0 Å². The van der Waals surface area contributed by atoms with E-state index in [1.807, 2.05) is 67.6 Å². The third-order valence-corrected chi connectivity index (χ3v) is 5.18. The minimum absolute atomic E-state index is 0.616. The van der Waals surface area contributed by atoms with Gasteiger partial charge in [-0.25, -0.2) is 0 Å². The lowest BCUT2D eigenvalue weighted by atomic mass is 9.98. The summed E-state index contributed by atoms with van der Waals surface area (Å²) >= 11 is 1.57. The number of carbonyl (C=O) groups excluding carboxylic acids is 1. The molecule has 3 aromatic carbocycles. The van der Waals surface area contributed by atoms with Gasteiger partial charge in [0.15, 0.2) is 0 Å². The molecular formula is C20H18O2S. The fraction of sp³-hybridized carbons (Fsp3) is 0.150. The van der Waals surface area contributed by atoms with Crippen molar-refractivity contribution in [3.63, 3.8) is 0 Å². The molecule has 0 fully saturated rings.